The largest absolute Gasteiger partial charge is 0.374 e. The van der Waals surface area contributed by atoms with Crippen molar-refractivity contribution in [3.05, 3.63) is 17.0 Å². The van der Waals surface area contributed by atoms with Crippen LogP contribution in [0.4, 0.5) is 0 Å². The monoisotopic (exact) mass is 294 g/mol. The van der Waals surface area contributed by atoms with Crippen molar-refractivity contribution in [1.82, 2.24) is 20.0 Å². The van der Waals surface area contributed by atoms with E-state index in [2.05, 4.69) is 42.6 Å². The van der Waals surface area contributed by atoms with Crippen LogP contribution in [0.2, 0.25) is 0 Å². The summed E-state index contributed by atoms with van der Waals surface area (Å²) in [5.41, 5.74) is 3.75. The van der Waals surface area contributed by atoms with E-state index in [4.69, 9.17) is 9.84 Å². The third-order valence-corrected chi connectivity index (χ3v) is 4.31. The van der Waals surface area contributed by atoms with Gasteiger partial charge in [0, 0.05) is 30.9 Å². The number of rotatable bonds is 7. The molecule has 0 radical (unpaired) electrons. The molecule has 0 bridgehead atoms. The number of nitrogens with zero attached hydrogens (tertiary/aromatic N) is 3. The molecule has 5 heteroatoms. The van der Waals surface area contributed by atoms with Crippen LogP contribution in [0.3, 0.4) is 0 Å². The third-order valence-electron chi connectivity index (χ3n) is 4.31. The average Bonchev–Trinajstić information content (AvgIpc) is 2.75. The summed E-state index contributed by atoms with van der Waals surface area (Å²) in [5, 5.41) is 8.19. The predicted molar refractivity (Wildman–Crippen MR) is 85.6 cm³/mol. The molecule has 2 rings (SSSR count). The Balaban J connectivity index is 1.98. The van der Waals surface area contributed by atoms with Gasteiger partial charge in [-0.05, 0) is 33.4 Å². The quantitative estimate of drug-likeness (QED) is 0.778. The summed E-state index contributed by atoms with van der Waals surface area (Å²) < 4.78 is 8.03. The van der Waals surface area contributed by atoms with Gasteiger partial charge < -0.3 is 10.1 Å². The summed E-state index contributed by atoms with van der Waals surface area (Å²) in [4.78, 5) is 2.45. The van der Waals surface area contributed by atoms with Crippen LogP contribution in [-0.4, -0.2) is 53.6 Å². The molecule has 1 unspecified atom stereocenters. The molecule has 0 aliphatic carbocycles. The summed E-state index contributed by atoms with van der Waals surface area (Å²) in [7, 11) is 0. The van der Waals surface area contributed by atoms with Gasteiger partial charge in [-0.25, -0.2) is 0 Å². The highest BCUT2D eigenvalue weighted by Crippen LogP contribution is 2.15. The molecule has 1 N–H and O–H groups in total. The Kier molecular flexibility index (Phi) is 6.21. The van der Waals surface area contributed by atoms with Gasteiger partial charge in [-0.2, -0.15) is 5.10 Å². The Labute approximate surface area is 128 Å². The molecule has 0 aromatic carbocycles. The lowest BCUT2D eigenvalue weighted by Crippen LogP contribution is -2.44. The first-order valence-electron chi connectivity index (χ1n) is 8.23. The van der Waals surface area contributed by atoms with Gasteiger partial charge >= 0.3 is 0 Å². The fraction of sp³-hybridized carbons (Fsp3) is 0.812. The number of aryl methyl sites for hydroxylation is 1. The van der Waals surface area contributed by atoms with E-state index in [0.29, 0.717) is 0 Å². The Morgan fingerprint density at radius 3 is 2.86 bits per heavy atom. The average molecular weight is 294 g/mol. The van der Waals surface area contributed by atoms with Crippen molar-refractivity contribution in [2.45, 2.75) is 53.3 Å². The Hall–Kier alpha value is -0.910. The van der Waals surface area contributed by atoms with E-state index in [-0.39, 0.29) is 6.10 Å². The van der Waals surface area contributed by atoms with E-state index in [1.54, 1.807) is 0 Å². The van der Waals surface area contributed by atoms with Crippen LogP contribution in [0.1, 0.15) is 37.2 Å². The van der Waals surface area contributed by atoms with Gasteiger partial charge in [0.05, 0.1) is 24.9 Å². The summed E-state index contributed by atoms with van der Waals surface area (Å²) in [5.74, 6) is 0. The van der Waals surface area contributed by atoms with Gasteiger partial charge in [0.1, 0.15) is 0 Å². The molecule has 120 valence electrons. The molecule has 1 aliphatic heterocycles. The molecule has 1 atom stereocenters. The lowest BCUT2D eigenvalue weighted by Gasteiger charge is -2.32. The summed E-state index contributed by atoms with van der Waals surface area (Å²) in [6.07, 6.45) is 1.42. The number of morpholine rings is 1. The SMILES string of the molecule is CCCNCc1c(C)nn(CC2CN(CC)CCO2)c1C. The van der Waals surface area contributed by atoms with E-state index in [9.17, 15) is 0 Å². The second-order valence-corrected chi connectivity index (χ2v) is 5.89. The van der Waals surface area contributed by atoms with Crippen LogP contribution in [0, 0.1) is 13.8 Å². The number of aromatic nitrogens is 2. The maximum atomic E-state index is 5.90. The Morgan fingerprint density at radius 1 is 1.33 bits per heavy atom. The van der Waals surface area contributed by atoms with Gasteiger partial charge in [-0.3, -0.25) is 9.58 Å². The molecule has 1 fully saturated rings. The second kappa shape index (κ2) is 7.92. The normalized spacial score (nSPS) is 20.1. The third kappa shape index (κ3) is 4.28. The molecule has 1 aromatic rings. The van der Waals surface area contributed by atoms with Gasteiger partial charge in [-0.15, -0.1) is 0 Å². The summed E-state index contributed by atoms with van der Waals surface area (Å²) in [6, 6.07) is 0. The molecular formula is C16H30N4O. The van der Waals surface area contributed by atoms with Crippen LogP contribution >= 0.6 is 0 Å². The molecule has 1 aromatic heterocycles. The smallest absolute Gasteiger partial charge is 0.0898 e. The first-order chi connectivity index (χ1) is 10.2. The lowest BCUT2D eigenvalue weighted by atomic mass is 10.2. The van der Waals surface area contributed by atoms with Crippen molar-refractivity contribution < 1.29 is 4.74 Å². The van der Waals surface area contributed by atoms with Crippen molar-refractivity contribution in [3.63, 3.8) is 0 Å². The molecule has 2 heterocycles. The molecule has 5 nitrogen and oxygen atoms in total. The van der Waals surface area contributed by atoms with Gasteiger partial charge in [0.25, 0.3) is 0 Å². The first-order valence-corrected chi connectivity index (χ1v) is 8.23. The van der Waals surface area contributed by atoms with Crippen molar-refractivity contribution in [2.75, 3.05) is 32.8 Å². The second-order valence-electron chi connectivity index (χ2n) is 5.89. The molecule has 0 amide bonds. The van der Waals surface area contributed by atoms with E-state index in [1.807, 2.05) is 0 Å². The van der Waals surface area contributed by atoms with Crippen LogP contribution in [0.5, 0.6) is 0 Å². The number of ether oxygens (including phenoxy) is 1. The highest BCUT2D eigenvalue weighted by molar-refractivity contribution is 5.24. The molecule has 1 saturated heterocycles. The van der Waals surface area contributed by atoms with Crippen LogP contribution < -0.4 is 5.32 Å². The van der Waals surface area contributed by atoms with Crippen LogP contribution in [-0.2, 0) is 17.8 Å². The summed E-state index contributed by atoms with van der Waals surface area (Å²) >= 11 is 0. The molecule has 0 spiro atoms. The molecule has 0 saturated carbocycles. The van der Waals surface area contributed by atoms with E-state index < -0.39 is 0 Å². The number of hydrogen-bond acceptors (Lipinski definition) is 4. The van der Waals surface area contributed by atoms with E-state index in [1.165, 1.54) is 11.3 Å². The number of hydrogen-bond donors (Lipinski definition) is 1. The van der Waals surface area contributed by atoms with Crippen molar-refractivity contribution >= 4 is 0 Å². The van der Waals surface area contributed by atoms with Gasteiger partial charge in [-0.1, -0.05) is 13.8 Å². The van der Waals surface area contributed by atoms with Crippen LogP contribution in [0.25, 0.3) is 0 Å². The Bertz CT molecular complexity index is 444. The number of nitrogens with one attached hydrogen (secondary N) is 1. The highest BCUT2D eigenvalue weighted by atomic mass is 16.5. The zero-order chi connectivity index (χ0) is 15.2. The minimum absolute atomic E-state index is 0.258. The maximum Gasteiger partial charge on any atom is 0.0898 e. The maximum absolute atomic E-state index is 5.90. The fourth-order valence-corrected chi connectivity index (χ4v) is 2.93. The summed E-state index contributed by atoms with van der Waals surface area (Å²) in [6.45, 7) is 15.5. The van der Waals surface area contributed by atoms with E-state index in [0.717, 1.165) is 58.0 Å². The fourth-order valence-electron chi connectivity index (χ4n) is 2.93. The zero-order valence-electron chi connectivity index (χ0n) is 14.0. The van der Waals surface area contributed by atoms with Crippen LogP contribution in [0.15, 0.2) is 0 Å². The molecule has 21 heavy (non-hydrogen) atoms. The lowest BCUT2D eigenvalue weighted by molar-refractivity contribution is -0.0360. The standard InChI is InChI=1S/C16H30N4O/c1-5-7-17-10-16-13(3)18-20(14(16)4)12-15-11-19(6-2)8-9-21-15/h15,17H,5-12H2,1-4H3. The number of likely N-dealkylation sites (N-methyl/N-ethyl adjacent to an activating group) is 1. The highest BCUT2D eigenvalue weighted by Gasteiger charge is 2.21. The molecule has 1 aliphatic rings. The van der Waals surface area contributed by atoms with Gasteiger partial charge in [0.2, 0.25) is 0 Å². The van der Waals surface area contributed by atoms with Crippen molar-refractivity contribution in [2.24, 2.45) is 0 Å². The minimum atomic E-state index is 0.258. The minimum Gasteiger partial charge on any atom is -0.374 e. The molecular weight excluding hydrogens is 264 g/mol. The first kappa shape index (κ1) is 16.5. The van der Waals surface area contributed by atoms with Crippen molar-refractivity contribution in [1.29, 1.82) is 0 Å². The topological polar surface area (TPSA) is 42.3 Å². The van der Waals surface area contributed by atoms with E-state index >= 15 is 0 Å². The predicted octanol–water partition coefficient (Wildman–Crippen LogP) is 1.72. The van der Waals surface area contributed by atoms with Gasteiger partial charge in [0.15, 0.2) is 0 Å². The van der Waals surface area contributed by atoms with Crippen molar-refractivity contribution in [3.8, 4) is 0 Å². The Morgan fingerprint density at radius 2 is 2.14 bits per heavy atom. The zero-order valence-corrected chi connectivity index (χ0v) is 14.0.